The third-order valence-electron chi connectivity index (χ3n) is 3.95. The Kier molecular flexibility index (Phi) is 3.48. The summed E-state index contributed by atoms with van der Waals surface area (Å²) >= 11 is 6.14. The normalized spacial score (nSPS) is 17.9. The molecule has 3 nitrogen and oxygen atoms in total. The quantitative estimate of drug-likeness (QED) is 0.913. The third-order valence-corrected chi connectivity index (χ3v) is 4.19. The van der Waals surface area contributed by atoms with Crippen LogP contribution in [-0.2, 0) is 6.42 Å². The summed E-state index contributed by atoms with van der Waals surface area (Å²) in [5, 5.41) is 10.8. The van der Waals surface area contributed by atoms with Gasteiger partial charge < -0.3 is 14.4 Å². The smallest absolute Gasteiger partial charge is 0.142 e. The Hall–Kier alpha value is -1.45. The number of hydrogen-bond acceptors (Lipinski definition) is 2. The standard InChI is InChI=1S/C16H18ClNO2/c1-10-8-12-13(4-3-5-15(12)19)18(10)14-9-11(17)6-7-16(14)20-2/h6-9,15,19H,3-5H2,1-2H3. The maximum absolute atomic E-state index is 10.2. The molecule has 0 aliphatic heterocycles. The van der Waals surface area contributed by atoms with Crippen molar-refractivity contribution in [3.63, 3.8) is 0 Å². The van der Waals surface area contributed by atoms with Crippen LogP contribution in [0.4, 0.5) is 0 Å². The predicted molar refractivity (Wildman–Crippen MR) is 80.0 cm³/mol. The highest BCUT2D eigenvalue weighted by Crippen LogP contribution is 2.37. The summed E-state index contributed by atoms with van der Waals surface area (Å²) in [4.78, 5) is 0. The first-order valence-electron chi connectivity index (χ1n) is 6.85. The van der Waals surface area contributed by atoms with Crippen LogP contribution in [0.3, 0.4) is 0 Å². The lowest BCUT2D eigenvalue weighted by Crippen LogP contribution is -2.12. The van der Waals surface area contributed by atoms with Crippen LogP contribution < -0.4 is 4.74 Å². The van der Waals surface area contributed by atoms with Gasteiger partial charge in [-0.2, -0.15) is 0 Å². The molecule has 3 rings (SSSR count). The van der Waals surface area contributed by atoms with Crippen LogP contribution in [0.2, 0.25) is 5.02 Å². The van der Waals surface area contributed by atoms with Gasteiger partial charge >= 0.3 is 0 Å². The maximum Gasteiger partial charge on any atom is 0.142 e. The Balaban J connectivity index is 2.23. The summed E-state index contributed by atoms with van der Waals surface area (Å²) in [6.45, 7) is 2.05. The first kappa shape index (κ1) is 13.5. The van der Waals surface area contributed by atoms with Crippen molar-refractivity contribution in [3.05, 3.63) is 46.2 Å². The number of nitrogens with zero attached hydrogens (tertiary/aromatic N) is 1. The highest BCUT2D eigenvalue weighted by molar-refractivity contribution is 6.30. The molecule has 1 atom stereocenters. The van der Waals surface area contributed by atoms with E-state index in [-0.39, 0.29) is 6.10 Å². The van der Waals surface area contributed by atoms with Gasteiger partial charge in [0.15, 0.2) is 0 Å². The number of methoxy groups -OCH3 is 1. The first-order valence-corrected chi connectivity index (χ1v) is 7.22. The number of halogens is 1. The summed E-state index contributed by atoms with van der Waals surface area (Å²) in [6, 6.07) is 7.68. The average molecular weight is 292 g/mol. The fourth-order valence-electron chi connectivity index (χ4n) is 3.05. The van der Waals surface area contributed by atoms with Crippen LogP contribution >= 0.6 is 11.6 Å². The van der Waals surface area contributed by atoms with Crippen LogP contribution in [0.25, 0.3) is 5.69 Å². The summed E-state index contributed by atoms with van der Waals surface area (Å²) in [6.07, 6.45) is 2.45. The van der Waals surface area contributed by atoms with Crippen molar-refractivity contribution in [1.29, 1.82) is 0 Å². The minimum Gasteiger partial charge on any atom is -0.495 e. The Morgan fingerprint density at radius 1 is 1.35 bits per heavy atom. The van der Waals surface area contributed by atoms with E-state index in [1.807, 2.05) is 25.1 Å². The molecule has 1 aliphatic rings. The van der Waals surface area contributed by atoms with Crippen LogP contribution in [-0.4, -0.2) is 16.8 Å². The van der Waals surface area contributed by atoms with Crippen LogP contribution in [0.1, 0.15) is 35.9 Å². The fourth-order valence-corrected chi connectivity index (χ4v) is 3.22. The summed E-state index contributed by atoms with van der Waals surface area (Å²) in [7, 11) is 1.66. The second kappa shape index (κ2) is 5.15. The molecular formula is C16H18ClNO2. The zero-order chi connectivity index (χ0) is 14.3. The molecule has 0 saturated carbocycles. The number of aliphatic hydroxyl groups excluding tert-OH is 1. The average Bonchev–Trinajstić information content (AvgIpc) is 2.76. The van der Waals surface area contributed by atoms with E-state index in [0.717, 1.165) is 42.0 Å². The molecule has 1 heterocycles. The Morgan fingerprint density at radius 3 is 2.90 bits per heavy atom. The number of fused-ring (bicyclic) bond motifs is 1. The number of aryl methyl sites for hydroxylation is 1. The van der Waals surface area contributed by atoms with E-state index in [0.29, 0.717) is 5.02 Å². The zero-order valence-corrected chi connectivity index (χ0v) is 12.4. The number of rotatable bonds is 2. The van der Waals surface area contributed by atoms with E-state index < -0.39 is 0 Å². The molecule has 1 aliphatic carbocycles. The van der Waals surface area contributed by atoms with Gasteiger partial charge in [0.2, 0.25) is 0 Å². The SMILES string of the molecule is COc1ccc(Cl)cc1-n1c(C)cc2c1CCCC2O. The van der Waals surface area contributed by atoms with Crippen LogP contribution in [0.15, 0.2) is 24.3 Å². The van der Waals surface area contributed by atoms with Gasteiger partial charge in [-0.1, -0.05) is 11.6 Å². The first-order chi connectivity index (χ1) is 9.61. The summed E-state index contributed by atoms with van der Waals surface area (Å²) in [5.41, 5.74) is 4.24. The highest BCUT2D eigenvalue weighted by atomic mass is 35.5. The van der Waals surface area contributed by atoms with Gasteiger partial charge in [0.05, 0.1) is 18.9 Å². The fraction of sp³-hybridized carbons (Fsp3) is 0.375. The maximum atomic E-state index is 10.2. The highest BCUT2D eigenvalue weighted by Gasteiger charge is 2.24. The number of aliphatic hydroxyl groups is 1. The van der Waals surface area contributed by atoms with E-state index in [1.54, 1.807) is 7.11 Å². The minimum absolute atomic E-state index is 0.358. The molecule has 2 aromatic rings. The lowest BCUT2D eigenvalue weighted by molar-refractivity contribution is 0.156. The molecule has 0 amide bonds. The number of benzene rings is 1. The number of aromatic nitrogens is 1. The van der Waals surface area contributed by atoms with Gasteiger partial charge in [-0.25, -0.2) is 0 Å². The van der Waals surface area contributed by atoms with Gasteiger partial charge in [-0.3, -0.25) is 0 Å². The molecule has 0 fully saturated rings. The molecule has 0 bridgehead atoms. The molecule has 1 aromatic carbocycles. The summed E-state index contributed by atoms with van der Waals surface area (Å²) in [5.74, 6) is 0.788. The van der Waals surface area contributed by atoms with Gasteiger partial charge in [0, 0.05) is 22.0 Å². The lowest BCUT2D eigenvalue weighted by atomic mass is 9.95. The second-order valence-electron chi connectivity index (χ2n) is 5.25. The molecule has 1 aromatic heterocycles. The van der Waals surface area contributed by atoms with Crippen molar-refractivity contribution in [2.45, 2.75) is 32.3 Å². The zero-order valence-electron chi connectivity index (χ0n) is 11.7. The second-order valence-corrected chi connectivity index (χ2v) is 5.68. The molecule has 0 radical (unpaired) electrons. The van der Waals surface area contributed by atoms with Crippen molar-refractivity contribution in [2.24, 2.45) is 0 Å². The largest absolute Gasteiger partial charge is 0.495 e. The van der Waals surface area contributed by atoms with Gasteiger partial charge in [-0.15, -0.1) is 0 Å². The van der Waals surface area contributed by atoms with Gasteiger partial charge in [0.1, 0.15) is 5.75 Å². The molecule has 1 unspecified atom stereocenters. The van der Waals surface area contributed by atoms with Crippen LogP contribution in [0.5, 0.6) is 5.75 Å². The number of ether oxygens (including phenoxy) is 1. The molecule has 4 heteroatoms. The molecule has 0 spiro atoms. The molecule has 20 heavy (non-hydrogen) atoms. The van der Waals surface area contributed by atoms with E-state index in [4.69, 9.17) is 16.3 Å². The van der Waals surface area contributed by atoms with E-state index in [1.165, 1.54) is 5.69 Å². The van der Waals surface area contributed by atoms with Crippen molar-refractivity contribution in [2.75, 3.05) is 7.11 Å². The van der Waals surface area contributed by atoms with Gasteiger partial charge in [-0.05, 0) is 50.5 Å². The lowest BCUT2D eigenvalue weighted by Gasteiger charge is -2.21. The Bertz CT molecular complexity index is 648. The van der Waals surface area contributed by atoms with Gasteiger partial charge in [0.25, 0.3) is 0 Å². The Labute approximate surface area is 123 Å². The topological polar surface area (TPSA) is 34.4 Å². The van der Waals surface area contributed by atoms with Crippen molar-refractivity contribution in [1.82, 2.24) is 4.57 Å². The Morgan fingerprint density at radius 2 is 2.15 bits per heavy atom. The van der Waals surface area contributed by atoms with Crippen LogP contribution in [0, 0.1) is 6.92 Å². The molecule has 106 valence electrons. The summed E-state index contributed by atoms with van der Waals surface area (Å²) < 4.78 is 7.61. The van der Waals surface area contributed by atoms with Crippen molar-refractivity contribution in [3.8, 4) is 11.4 Å². The van der Waals surface area contributed by atoms with E-state index in [9.17, 15) is 5.11 Å². The molecule has 0 saturated heterocycles. The number of hydrogen-bond donors (Lipinski definition) is 1. The minimum atomic E-state index is -0.358. The molecule has 1 N–H and O–H groups in total. The molecular weight excluding hydrogens is 274 g/mol. The van der Waals surface area contributed by atoms with Crippen molar-refractivity contribution >= 4 is 11.6 Å². The van der Waals surface area contributed by atoms with E-state index in [2.05, 4.69) is 10.6 Å². The third kappa shape index (κ3) is 2.11. The predicted octanol–water partition coefficient (Wildman–Crippen LogP) is 3.82. The van der Waals surface area contributed by atoms with E-state index >= 15 is 0 Å². The monoisotopic (exact) mass is 291 g/mol. The van der Waals surface area contributed by atoms with Crippen molar-refractivity contribution < 1.29 is 9.84 Å².